The Bertz CT molecular complexity index is 958. The summed E-state index contributed by atoms with van der Waals surface area (Å²) in [5.74, 6) is -1.02. The first-order valence-corrected chi connectivity index (χ1v) is 7.55. The number of nitrogens with zero attached hydrogens (tertiary/aromatic N) is 2. The number of carbonyl (C=O) groups is 1. The molecular weight excluding hydrogens is 306 g/mol. The van der Waals surface area contributed by atoms with Crippen molar-refractivity contribution in [3.05, 3.63) is 75.8 Å². The summed E-state index contributed by atoms with van der Waals surface area (Å²) in [4.78, 5) is 27.7. The molecule has 0 saturated carbocycles. The monoisotopic (exact) mass is 323 g/mol. The Morgan fingerprint density at radius 1 is 1.25 bits per heavy atom. The van der Waals surface area contributed by atoms with Crippen LogP contribution in [0.15, 0.2) is 53.6 Å². The van der Waals surface area contributed by atoms with Crippen LogP contribution >= 0.6 is 0 Å². The second-order valence-corrected chi connectivity index (χ2v) is 5.55. The smallest absolute Gasteiger partial charge is 0.308 e. The average molecular weight is 323 g/mol. The number of hydrogen-bond donors (Lipinski definition) is 2. The van der Waals surface area contributed by atoms with Crippen LogP contribution in [0.4, 0.5) is 0 Å². The zero-order valence-electron chi connectivity index (χ0n) is 13.2. The van der Waals surface area contributed by atoms with E-state index in [0.717, 1.165) is 16.5 Å². The van der Waals surface area contributed by atoms with Gasteiger partial charge in [-0.2, -0.15) is 0 Å². The molecule has 2 aromatic heterocycles. The van der Waals surface area contributed by atoms with Gasteiger partial charge in [-0.1, -0.05) is 24.3 Å². The molecule has 2 heterocycles. The van der Waals surface area contributed by atoms with Crippen LogP contribution in [-0.2, 0) is 17.8 Å². The van der Waals surface area contributed by atoms with E-state index in [0.29, 0.717) is 12.1 Å². The topological polar surface area (TPSA) is 84.2 Å². The molecule has 3 rings (SSSR count). The second kappa shape index (κ2) is 6.54. The molecule has 6 nitrogen and oxygen atoms in total. The Morgan fingerprint density at radius 2 is 2.04 bits per heavy atom. The van der Waals surface area contributed by atoms with Gasteiger partial charge in [0.05, 0.1) is 18.5 Å². The van der Waals surface area contributed by atoms with E-state index in [2.05, 4.69) is 10.4 Å². The highest BCUT2D eigenvalue weighted by molar-refractivity contribution is 5.81. The van der Waals surface area contributed by atoms with Gasteiger partial charge in [-0.25, -0.2) is 4.68 Å². The predicted octanol–water partition coefficient (Wildman–Crippen LogP) is 2.08. The summed E-state index contributed by atoms with van der Waals surface area (Å²) < 4.78 is 1.33. The maximum Gasteiger partial charge on any atom is 0.308 e. The molecule has 24 heavy (non-hydrogen) atoms. The zero-order chi connectivity index (χ0) is 17.1. The van der Waals surface area contributed by atoms with Crippen LogP contribution in [0.1, 0.15) is 16.7 Å². The van der Waals surface area contributed by atoms with Crippen LogP contribution in [-0.4, -0.2) is 20.7 Å². The number of carboxylic acid groups (broad SMARTS) is 1. The first-order chi connectivity index (χ1) is 11.6. The number of hydrogen-bond acceptors (Lipinski definition) is 4. The third-order valence-corrected chi connectivity index (χ3v) is 3.91. The van der Waals surface area contributed by atoms with Gasteiger partial charge >= 0.3 is 5.97 Å². The Kier molecular flexibility index (Phi) is 4.29. The number of carboxylic acids is 1. The van der Waals surface area contributed by atoms with Crippen molar-refractivity contribution in [3.8, 4) is 0 Å². The molecular formula is C18H17N3O3. The molecule has 0 aliphatic heterocycles. The van der Waals surface area contributed by atoms with Crippen molar-refractivity contribution in [1.82, 2.24) is 9.66 Å². The first-order valence-electron chi connectivity index (χ1n) is 7.55. The van der Waals surface area contributed by atoms with Crippen LogP contribution in [0.3, 0.4) is 0 Å². The molecule has 0 aliphatic carbocycles. The molecule has 0 saturated heterocycles. The Balaban J connectivity index is 1.89. The molecule has 0 radical (unpaired) electrons. The van der Waals surface area contributed by atoms with E-state index in [9.17, 15) is 9.59 Å². The number of aliphatic carboxylic acids is 1. The van der Waals surface area contributed by atoms with E-state index >= 15 is 0 Å². The number of fused-ring (bicyclic) bond motifs is 1. The third kappa shape index (κ3) is 3.12. The van der Waals surface area contributed by atoms with E-state index in [-0.39, 0.29) is 17.5 Å². The molecule has 1 aromatic carbocycles. The number of benzene rings is 1. The SMILES string of the molecule is Cc1ccn(NCc2cccc3cccnc23)c(=O)c1CC(=O)O. The van der Waals surface area contributed by atoms with E-state index in [4.69, 9.17) is 5.11 Å². The number of pyridine rings is 2. The van der Waals surface area contributed by atoms with E-state index in [1.165, 1.54) is 4.68 Å². The number of rotatable bonds is 5. The largest absolute Gasteiger partial charge is 0.481 e. The molecule has 122 valence electrons. The molecule has 6 heteroatoms. The van der Waals surface area contributed by atoms with Gasteiger partial charge in [-0.15, -0.1) is 0 Å². The summed E-state index contributed by atoms with van der Waals surface area (Å²) in [7, 11) is 0. The Labute approximate surface area is 138 Å². The van der Waals surface area contributed by atoms with Crippen molar-refractivity contribution >= 4 is 16.9 Å². The van der Waals surface area contributed by atoms with Crippen LogP contribution < -0.4 is 11.0 Å². The molecule has 2 N–H and O–H groups in total. The second-order valence-electron chi connectivity index (χ2n) is 5.55. The van der Waals surface area contributed by atoms with Crippen molar-refractivity contribution in [2.24, 2.45) is 0 Å². The summed E-state index contributed by atoms with van der Waals surface area (Å²) in [5.41, 5.74) is 5.48. The van der Waals surface area contributed by atoms with Gasteiger partial charge in [-0.3, -0.25) is 14.6 Å². The van der Waals surface area contributed by atoms with Crippen LogP contribution in [0.2, 0.25) is 0 Å². The maximum atomic E-state index is 12.4. The first kappa shape index (κ1) is 15.7. The fourth-order valence-electron chi connectivity index (χ4n) is 2.64. The van der Waals surface area contributed by atoms with Crippen LogP contribution in [0.25, 0.3) is 10.9 Å². The lowest BCUT2D eigenvalue weighted by Gasteiger charge is -2.13. The number of aromatic nitrogens is 2. The van der Waals surface area contributed by atoms with E-state index in [1.807, 2.05) is 30.3 Å². The molecule has 0 amide bonds. The highest BCUT2D eigenvalue weighted by Gasteiger charge is 2.11. The summed E-state index contributed by atoms with van der Waals surface area (Å²) in [6.45, 7) is 2.14. The zero-order valence-corrected chi connectivity index (χ0v) is 13.2. The Hall–Kier alpha value is -3.15. The lowest BCUT2D eigenvalue weighted by atomic mass is 10.1. The van der Waals surface area contributed by atoms with Gasteiger partial charge in [0.15, 0.2) is 0 Å². The van der Waals surface area contributed by atoms with E-state index in [1.54, 1.807) is 25.4 Å². The minimum atomic E-state index is -1.02. The van der Waals surface area contributed by atoms with Crippen molar-refractivity contribution in [1.29, 1.82) is 0 Å². The summed E-state index contributed by atoms with van der Waals surface area (Å²) in [6, 6.07) is 11.5. The van der Waals surface area contributed by atoms with Crippen molar-refractivity contribution in [2.45, 2.75) is 19.9 Å². The molecule has 0 unspecified atom stereocenters. The van der Waals surface area contributed by atoms with Crippen molar-refractivity contribution in [2.75, 3.05) is 5.43 Å². The Morgan fingerprint density at radius 3 is 2.83 bits per heavy atom. The summed E-state index contributed by atoms with van der Waals surface area (Å²) in [6.07, 6.45) is 3.05. The quantitative estimate of drug-likeness (QED) is 0.751. The molecule has 0 fully saturated rings. The summed E-state index contributed by atoms with van der Waals surface area (Å²) >= 11 is 0. The highest BCUT2D eigenvalue weighted by atomic mass is 16.4. The molecule has 3 aromatic rings. The van der Waals surface area contributed by atoms with Gasteiger partial charge < -0.3 is 10.5 Å². The molecule has 0 aliphatic rings. The standard InChI is InChI=1S/C18H17N3O3/c1-12-7-9-21(18(24)15(12)10-16(22)23)20-11-14-5-2-4-13-6-3-8-19-17(13)14/h2-9,20H,10-11H2,1H3,(H,22,23). The molecule has 0 atom stereocenters. The van der Waals surface area contributed by atoms with Crippen molar-refractivity contribution < 1.29 is 9.90 Å². The van der Waals surface area contributed by atoms with Gasteiger partial charge in [0.25, 0.3) is 5.56 Å². The number of nitrogens with one attached hydrogen (secondary N) is 1. The van der Waals surface area contributed by atoms with Crippen molar-refractivity contribution in [3.63, 3.8) is 0 Å². The van der Waals surface area contributed by atoms with Gasteiger partial charge in [0.1, 0.15) is 0 Å². The number of aryl methyl sites for hydroxylation is 1. The lowest BCUT2D eigenvalue weighted by molar-refractivity contribution is -0.136. The average Bonchev–Trinajstić information content (AvgIpc) is 2.58. The number of para-hydroxylation sites is 1. The minimum Gasteiger partial charge on any atom is -0.481 e. The highest BCUT2D eigenvalue weighted by Crippen LogP contribution is 2.15. The van der Waals surface area contributed by atoms with Gasteiger partial charge in [0, 0.05) is 23.3 Å². The van der Waals surface area contributed by atoms with Gasteiger partial charge in [-0.05, 0) is 30.2 Å². The predicted molar refractivity (Wildman–Crippen MR) is 91.6 cm³/mol. The fraction of sp³-hybridized carbons (Fsp3) is 0.167. The van der Waals surface area contributed by atoms with E-state index < -0.39 is 5.97 Å². The van der Waals surface area contributed by atoms with Crippen LogP contribution in [0.5, 0.6) is 0 Å². The maximum absolute atomic E-state index is 12.4. The normalized spacial score (nSPS) is 10.7. The summed E-state index contributed by atoms with van der Waals surface area (Å²) in [5, 5.41) is 9.98. The third-order valence-electron chi connectivity index (χ3n) is 3.91. The molecule has 0 spiro atoms. The fourth-order valence-corrected chi connectivity index (χ4v) is 2.64. The van der Waals surface area contributed by atoms with Crippen LogP contribution in [0, 0.1) is 6.92 Å². The minimum absolute atomic E-state index is 0.286. The lowest BCUT2D eigenvalue weighted by Crippen LogP contribution is -2.32. The van der Waals surface area contributed by atoms with Gasteiger partial charge in [0.2, 0.25) is 0 Å². The molecule has 0 bridgehead atoms.